The van der Waals surface area contributed by atoms with Crippen LogP contribution in [0.4, 0.5) is 0 Å². The SMILES string of the molecule is CC(C)C(C#N)N1CCN(C(=O)CNC(C)C2CCOCC2)CC1. The Bertz CT molecular complexity index is 435. The second-order valence-corrected chi connectivity index (χ2v) is 7.35. The summed E-state index contributed by atoms with van der Waals surface area (Å²) in [5, 5.41) is 12.7. The zero-order valence-corrected chi connectivity index (χ0v) is 15.3. The molecule has 0 aliphatic carbocycles. The standard InChI is InChI=1S/C18H32N4O2/c1-14(2)17(12-19)21-6-8-22(9-7-21)18(23)13-20-15(3)16-4-10-24-11-5-16/h14-17,20H,4-11,13H2,1-3H3. The lowest BCUT2D eigenvalue weighted by Crippen LogP contribution is -2.54. The van der Waals surface area contributed by atoms with Crippen molar-refractivity contribution in [3.63, 3.8) is 0 Å². The summed E-state index contributed by atoms with van der Waals surface area (Å²) in [6.07, 6.45) is 2.15. The second-order valence-electron chi connectivity index (χ2n) is 7.35. The summed E-state index contributed by atoms with van der Waals surface area (Å²) < 4.78 is 5.40. The minimum Gasteiger partial charge on any atom is -0.381 e. The predicted octanol–water partition coefficient (Wildman–Crippen LogP) is 1.08. The van der Waals surface area contributed by atoms with Crippen molar-refractivity contribution < 1.29 is 9.53 Å². The lowest BCUT2D eigenvalue weighted by atomic mass is 9.93. The van der Waals surface area contributed by atoms with Crippen molar-refractivity contribution >= 4 is 5.91 Å². The number of hydrogen-bond donors (Lipinski definition) is 1. The maximum atomic E-state index is 12.4. The molecule has 0 bridgehead atoms. The van der Waals surface area contributed by atoms with E-state index in [0.717, 1.165) is 52.2 Å². The van der Waals surface area contributed by atoms with Crippen LogP contribution < -0.4 is 5.32 Å². The fourth-order valence-corrected chi connectivity index (χ4v) is 3.64. The van der Waals surface area contributed by atoms with Gasteiger partial charge >= 0.3 is 0 Å². The van der Waals surface area contributed by atoms with Crippen molar-refractivity contribution in [2.75, 3.05) is 45.9 Å². The molecule has 2 aliphatic heterocycles. The van der Waals surface area contributed by atoms with Crippen LogP contribution in [-0.2, 0) is 9.53 Å². The first-order valence-corrected chi connectivity index (χ1v) is 9.25. The molecule has 0 aromatic heterocycles. The summed E-state index contributed by atoms with van der Waals surface area (Å²) in [6, 6.07) is 2.69. The molecule has 6 nitrogen and oxygen atoms in total. The molecule has 1 amide bonds. The van der Waals surface area contributed by atoms with Crippen molar-refractivity contribution in [1.82, 2.24) is 15.1 Å². The Hall–Kier alpha value is -1.16. The normalized spacial score (nSPS) is 23.0. The van der Waals surface area contributed by atoms with Gasteiger partial charge in [0.05, 0.1) is 12.6 Å². The molecule has 2 aliphatic rings. The lowest BCUT2D eigenvalue weighted by molar-refractivity contribution is -0.132. The Kier molecular flexibility index (Phi) is 7.47. The molecule has 136 valence electrons. The van der Waals surface area contributed by atoms with Crippen molar-refractivity contribution in [2.45, 2.75) is 45.7 Å². The van der Waals surface area contributed by atoms with Gasteiger partial charge in [-0.15, -0.1) is 0 Å². The van der Waals surface area contributed by atoms with E-state index in [1.807, 2.05) is 4.90 Å². The van der Waals surface area contributed by atoms with E-state index in [4.69, 9.17) is 4.74 Å². The molecule has 24 heavy (non-hydrogen) atoms. The van der Waals surface area contributed by atoms with Gasteiger partial charge in [0.1, 0.15) is 6.04 Å². The van der Waals surface area contributed by atoms with Crippen molar-refractivity contribution in [3.05, 3.63) is 0 Å². The van der Waals surface area contributed by atoms with E-state index in [0.29, 0.717) is 24.4 Å². The van der Waals surface area contributed by atoms with E-state index < -0.39 is 0 Å². The van der Waals surface area contributed by atoms with Gasteiger partial charge in [-0.3, -0.25) is 9.69 Å². The summed E-state index contributed by atoms with van der Waals surface area (Å²) in [7, 11) is 0. The number of rotatable bonds is 6. The summed E-state index contributed by atoms with van der Waals surface area (Å²) in [4.78, 5) is 16.5. The molecule has 2 heterocycles. The Balaban J connectivity index is 1.71. The highest BCUT2D eigenvalue weighted by molar-refractivity contribution is 5.78. The summed E-state index contributed by atoms with van der Waals surface area (Å²) in [5.74, 6) is 1.09. The molecule has 0 aromatic carbocycles. The monoisotopic (exact) mass is 336 g/mol. The molecule has 2 unspecified atom stereocenters. The van der Waals surface area contributed by atoms with Crippen LogP contribution in [0.25, 0.3) is 0 Å². The van der Waals surface area contributed by atoms with Crippen LogP contribution >= 0.6 is 0 Å². The number of carbonyl (C=O) groups is 1. The molecule has 1 N–H and O–H groups in total. The molecule has 2 fully saturated rings. The average Bonchev–Trinajstić information content (AvgIpc) is 2.61. The number of hydrogen-bond acceptors (Lipinski definition) is 5. The third kappa shape index (κ3) is 5.17. The minimum atomic E-state index is -0.0473. The Morgan fingerprint density at radius 3 is 2.38 bits per heavy atom. The largest absolute Gasteiger partial charge is 0.381 e. The molecule has 0 spiro atoms. The average molecular weight is 336 g/mol. The molecule has 0 saturated carbocycles. The summed E-state index contributed by atoms with van der Waals surface area (Å²) in [5.41, 5.74) is 0. The van der Waals surface area contributed by atoms with E-state index in [-0.39, 0.29) is 11.9 Å². The van der Waals surface area contributed by atoms with Crippen LogP contribution in [0.5, 0.6) is 0 Å². The first-order valence-electron chi connectivity index (χ1n) is 9.25. The predicted molar refractivity (Wildman–Crippen MR) is 93.4 cm³/mol. The van der Waals surface area contributed by atoms with E-state index >= 15 is 0 Å². The van der Waals surface area contributed by atoms with Gasteiger partial charge in [-0.25, -0.2) is 0 Å². The van der Waals surface area contributed by atoms with Crippen LogP contribution in [0.3, 0.4) is 0 Å². The molecule has 0 radical (unpaired) electrons. The maximum Gasteiger partial charge on any atom is 0.236 e. The van der Waals surface area contributed by atoms with Gasteiger partial charge < -0.3 is 15.0 Å². The zero-order valence-electron chi connectivity index (χ0n) is 15.3. The van der Waals surface area contributed by atoms with Gasteiger partial charge in [-0.1, -0.05) is 13.8 Å². The Morgan fingerprint density at radius 1 is 1.21 bits per heavy atom. The quantitative estimate of drug-likeness (QED) is 0.786. The molecule has 6 heteroatoms. The van der Waals surface area contributed by atoms with Crippen molar-refractivity contribution in [3.8, 4) is 6.07 Å². The van der Waals surface area contributed by atoms with E-state index in [2.05, 4.69) is 37.1 Å². The second kappa shape index (κ2) is 9.36. The number of carbonyl (C=O) groups excluding carboxylic acids is 1. The molecule has 2 saturated heterocycles. The van der Waals surface area contributed by atoms with Crippen LogP contribution in [0.2, 0.25) is 0 Å². The summed E-state index contributed by atoms with van der Waals surface area (Å²) in [6.45, 7) is 11.4. The summed E-state index contributed by atoms with van der Waals surface area (Å²) >= 11 is 0. The molecule has 2 rings (SSSR count). The number of amides is 1. The van der Waals surface area contributed by atoms with Gasteiger partial charge in [0, 0.05) is 45.4 Å². The van der Waals surface area contributed by atoms with Crippen molar-refractivity contribution in [1.29, 1.82) is 5.26 Å². The number of nitriles is 1. The number of nitrogens with zero attached hydrogens (tertiary/aromatic N) is 3. The maximum absolute atomic E-state index is 12.4. The van der Waals surface area contributed by atoms with Crippen LogP contribution in [0, 0.1) is 23.2 Å². The zero-order chi connectivity index (χ0) is 17.5. The molecular weight excluding hydrogens is 304 g/mol. The third-order valence-electron chi connectivity index (χ3n) is 5.37. The first kappa shape index (κ1) is 19.2. The van der Waals surface area contributed by atoms with Gasteiger partial charge in [-0.05, 0) is 31.6 Å². The van der Waals surface area contributed by atoms with E-state index in [9.17, 15) is 10.1 Å². The van der Waals surface area contributed by atoms with Crippen LogP contribution in [0.15, 0.2) is 0 Å². The lowest BCUT2D eigenvalue weighted by Gasteiger charge is -2.38. The highest BCUT2D eigenvalue weighted by atomic mass is 16.5. The fraction of sp³-hybridized carbons (Fsp3) is 0.889. The van der Waals surface area contributed by atoms with Gasteiger partial charge in [0.15, 0.2) is 0 Å². The van der Waals surface area contributed by atoms with Gasteiger partial charge in [0.25, 0.3) is 0 Å². The van der Waals surface area contributed by atoms with E-state index in [1.165, 1.54) is 0 Å². The van der Waals surface area contributed by atoms with Crippen molar-refractivity contribution in [2.24, 2.45) is 11.8 Å². The molecule has 0 aromatic rings. The number of ether oxygens (including phenoxy) is 1. The topological polar surface area (TPSA) is 68.6 Å². The number of piperazine rings is 1. The van der Waals surface area contributed by atoms with Gasteiger partial charge in [-0.2, -0.15) is 5.26 Å². The smallest absolute Gasteiger partial charge is 0.236 e. The minimum absolute atomic E-state index is 0.0473. The highest BCUT2D eigenvalue weighted by Gasteiger charge is 2.28. The van der Waals surface area contributed by atoms with Crippen LogP contribution in [-0.4, -0.2) is 73.7 Å². The number of nitrogens with one attached hydrogen (secondary N) is 1. The van der Waals surface area contributed by atoms with Gasteiger partial charge in [0.2, 0.25) is 5.91 Å². The Labute approximate surface area is 146 Å². The highest BCUT2D eigenvalue weighted by Crippen LogP contribution is 2.18. The molecule has 2 atom stereocenters. The Morgan fingerprint density at radius 2 is 1.83 bits per heavy atom. The van der Waals surface area contributed by atoms with Crippen LogP contribution in [0.1, 0.15) is 33.6 Å². The van der Waals surface area contributed by atoms with E-state index in [1.54, 1.807) is 0 Å². The third-order valence-corrected chi connectivity index (χ3v) is 5.37. The fourth-order valence-electron chi connectivity index (χ4n) is 3.64. The first-order chi connectivity index (χ1) is 11.5. The molecular formula is C18H32N4O2.